The van der Waals surface area contributed by atoms with Gasteiger partial charge in [0.15, 0.2) is 0 Å². The van der Waals surface area contributed by atoms with Crippen molar-refractivity contribution in [3.63, 3.8) is 0 Å². The Labute approximate surface area is 107 Å². The highest BCUT2D eigenvalue weighted by molar-refractivity contribution is 5.94. The molecule has 0 aliphatic rings. The van der Waals surface area contributed by atoms with Gasteiger partial charge >= 0.3 is 0 Å². The van der Waals surface area contributed by atoms with Crippen molar-refractivity contribution in [3.8, 4) is 0 Å². The molecule has 0 heterocycles. The Morgan fingerprint density at radius 2 is 2.06 bits per heavy atom. The molecule has 0 saturated heterocycles. The smallest absolute Gasteiger partial charge is 0.254 e. The molecule has 1 amide bonds. The molecule has 1 N–H and O–H groups in total. The molecular formula is C14H20FNO2. The second kappa shape index (κ2) is 6.50. The van der Waals surface area contributed by atoms with Crippen molar-refractivity contribution < 1.29 is 14.3 Å². The SMILES string of the molecule is Cc1cc(F)cc(C(=O)N(CCCO)C(C)C)c1. The summed E-state index contributed by atoms with van der Waals surface area (Å²) in [6.45, 7) is 6.08. The minimum absolute atomic E-state index is 0.0209. The van der Waals surface area contributed by atoms with Gasteiger partial charge in [-0.25, -0.2) is 4.39 Å². The molecule has 0 atom stereocenters. The van der Waals surface area contributed by atoms with Crippen LogP contribution < -0.4 is 0 Å². The number of benzene rings is 1. The van der Waals surface area contributed by atoms with Crippen LogP contribution in [0.25, 0.3) is 0 Å². The van der Waals surface area contributed by atoms with Gasteiger partial charge in [-0.1, -0.05) is 0 Å². The number of aliphatic hydroxyl groups is 1. The van der Waals surface area contributed by atoms with Gasteiger partial charge in [0.2, 0.25) is 0 Å². The van der Waals surface area contributed by atoms with Crippen molar-refractivity contribution in [2.24, 2.45) is 0 Å². The summed E-state index contributed by atoms with van der Waals surface area (Å²) in [5.41, 5.74) is 1.09. The van der Waals surface area contributed by atoms with Gasteiger partial charge in [-0.3, -0.25) is 4.79 Å². The number of aliphatic hydroxyl groups excluding tert-OH is 1. The highest BCUT2D eigenvalue weighted by Crippen LogP contribution is 2.13. The molecule has 0 saturated carbocycles. The van der Waals surface area contributed by atoms with Crippen molar-refractivity contribution in [2.45, 2.75) is 33.2 Å². The van der Waals surface area contributed by atoms with Gasteiger partial charge in [0.05, 0.1) is 0 Å². The van der Waals surface area contributed by atoms with E-state index in [0.29, 0.717) is 18.5 Å². The van der Waals surface area contributed by atoms with E-state index >= 15 is 0 Å². The number of carbonyl (C=O) groups excluding carboxylic acids is 1. The zero-order chi connectivity index (χ0) is 13.7. The molecule has 0 unspecified atom stereocenters. The number of nitrogens with zero attached hydrogens (tertiary/aromatic N) is 1. The molecule has 3 nitrogen and oxygen atoms in total. The number of hydrogen-bond donors (Lipinski definition) is 1. The van der Waals surface area contributed by atoms with Crippen LogP contribution in [0.15, 0.2) is 18.2 Å². The van der Waals surface area contributed by atoms with E-state index in [1.54, 1.807) is 17.9 Å². The first-order valence-corrected chi connectivity index (χ1v) is 6.14. The Hall–Kier alpha value is -1.42. The fraction of sp³-hybridized carbons (Fsp3) is 0.500. The van der Waals surface area contributed by atoms with Crippen LogP contribution in [0.1, 0.15) is 36.2 Å². The quantitative estimate of drug-likeness (QED) is 0.875. The lowest BCUT2D eigenvalue weighted by molar-refractivity contribution is 0.0692. The lowest BCUT2D eigenvalue weighted by atomic mass is 10.1. The van der Waals surface area contributed by atoms with Crippen LogP contribution >= 0.6 is 0 Å². The molecule has 0 bridgehead atoms. The molecule has 0 aliphatic carbocycles. The molecule has 100 valence electrons. The van der Waals surface area contributed by atoms with Crippen LogP contribution in [-0.2, 0) is 0 Å². The molecule has 1 aromatic carbocycles. The Kier molecular flexibility index (Phi) is 5.28. The van der Waals surface area contributed by atoms with Crippen molar-refractivity contribution in [1.82, 2.24) is 4.90 Å². The Morgan fingerprint density at radius 3 is 2.56 bits per heavy atom. The third-order valence-corrected chi connectivity index (χ3v) is 2.73. The first kappa shape index (κ1) is 14.6. The summed E-state index contributed by atoms with van der Waals surface area (Å²) in [4.78, 5) is 13.9. The number of halogens is 1. The van der Waals surface area contributed by atoms with E-state index in [1.165, 1.54) is 12.1 Å². The van der Waals surface area contributed by atoms with Crippen LogP contribution in [0.4, 0.5) is 4.39 Å². The molecular weight excluding hydrogens is 233 g/mol. The topological polar surface area (TPSA) is 40.5 Å². The van der Waals surface area contributed by atoms with Crippen LogP contribution in [0.3, 0.4) is 0 Å². The van der Waals surface area contributed by atoms with E-state index in [1.807, 2.05) is 13.8 Å². The molecule has 0 radical (unpaired) electrons. The lowest BCUT2D eigenvalue weighted by Gasteiger charge is -2.26. The average molecular weight is 253 g/mol. The Bertz CT molecular complexity index is 398. The molecule has 4 heteroatoms. The second-order valence-electron chi connectivity index (χ2n) is 4.69. The van der Waals surface area contributed by atoms with Gasteiger partial charge in [-0.05, 0) is 51.0 Å². The van der Waals surface area contributed by atoms with Crippen LogP contribution in [-0.4, -0.2) is 35.1 Å². The molecule has 0 aromatic heterocycles. The van der Waals surface area contributed by atoms with E-state index in [2.05, 4.69) is 0 Å². The van der Waals surface area contributed by atoms with Crippen LogP contribution in [0, 0.1) is 12.7 Å². The predicted octanol–water partition coefficient (Wildman–Crippen LogP) is 2.37. The van der Waals surface area contributed by atoms with Crippen molar-refractivity contribution in [1.29, 1.82) is 0 Å². The average Bonchev–Trinajstić information content (AvgIpc) is 2.27. The number of hydrogen-bond acceptors (Lipinski definition) is 2. The summed E-state index contributed by atoms with van der Waals surface area (Å²) in [6.07, 6.45) is 0.526. The van der Waals surface area contributed by atoms with Crippen molar-refractivity contribution in [2.75, 3.05) is 13.2 Å². The van der Waals surface area contributed by atoms with E-state index in [0.717, 1.165) is 5.56 Å². The monoisotopic (exact) mass is 253 g/mol. The normalized spacial score (nSPS) is 10.8. The summed E-state index contributed by atoms with van der Waals surface area (Å²) in [7, 11) is 0. The number of carbonyl (C=O) groups is 1. The van der Waals surface area contributed by atoms with Crippen LogP contribution in [0.2, 0.25) is 0 Å². The summed E-state index contributed by atoms with van der Waals surface area (Å²) in [5, 5.41) is 8.84. The second-order valence-corrected chi connectivity index (χ2v) is 4.69. The molecule has 0 fully saturated rings. The fourth-order valence-corrected chi connectivity index (χ4v) is 1.86. The maximum atomic E-state index is 13.3. The molecule has 18 heavy (non-hydrogen) atoms. The zero-order valence-corrected chi connectivity index (χ0v) is 11.1. The van der Waals surface area contributed by atoms with E-state index in [-0.39, 0.29) is 18.6 Å². The molecule has 1 aromatic rings. The largest absolute Gasteiger partial charge is 0.396 e. The third kappa shape index (κ3) is 3.81. The molecule has 0 spiro atoms. The Morgan fingerprint density at radius 1 is 1.39 bits per heavy atom. The zero-order valence-electron chi connectivity index (χ0n) is 11.1. The van der Waals surface area contributed by atoms with Gasteiger partial charge in [0.25, 0.3) is 5.91 Å². The number of aryl methyl sites for hydroxylation is 1. The van der Waals surface area contributed by atoms with Gasteiger partial charge in [-0.2, -0.15) is 0 Å². The highest BCUT2D eigenvalue weighted by atomic mass is 19.1. The summed E-state index contributed by atoms with van der Waals surface area (Å²) in [5.74, 6) is -0.592. The maximum Gasteiger partial charge on any atom is 0.254 e. The highest BCUT2D eigenvalue weighted by Gasteiger charge is 2.18. The van der Waals surface area contributed by atoms with E-state index < -0.39 is 5.82 Å². The molecule has 0 aliphatic heterocycles. The lowest BCUT2D eigenvalue weighted by Crippen LogP contribution is -2.38. The fourth-order valence-electron chi connectivity index (χ4n) is 1.86. The number of amides is 1. The predicted molar refractivity (Wildman–Crippen MR) is 69.0 cm³/mol. The number of rotatable bonds is 5. The summed E-state index contributed by atoms with van der Waals surface area (Å²) >= 11 is 0. The third-order valence-electron chi connectivity index (χ3n) is 2.73. The minimum atomic E-state index is -0.399. The van der Waals surface area contributed by atoms with Crippen molar-refractivity contribution >= 4 is 5.91 Å². The van der Waals surface area contributed by atoms with Gasteiger partial charge in [0.1, 0.15) is 5.82 Å². The van der Waals surface area contributed by atoms with Gasteiger partial charge in [-0.15, -0.1) is 0 Å². The van der Waals surface area contributed by atoms with E-state index in [9.17, 15) is 9.18 Å². The minimum Gasteiger partial charge on any atom is -0.396 e. The summed E-state index contributed by atoms with van der Waals surface area (Å²) < 4.78 is 13.3. The first-order chi connectivity index (χ1) is 8.45. The van der Waals surface area contributed by atoms with Gasteiger partial charge < -0.3 is 10.0 Å². The van der Waals surface area contributed by atoms with Crippen LogP contribution in [0.5, 0.6) is 0 Å². The van der Waals surface area contributed by atoms with Crippen molar-refractivity contribution in [3.05, 3.63) is 35.1 Å². The standard InChI is InChI=1S/C14H20FNO2/c1-10(2)16(5-4-6-17)14(18)12-7-11(3)8-13(15)9-12/h7-10,17H,4-6H2,1-3H3. The maximum absolute atomic E-state index is 13.3. The first-order valence-electron chi connectivity index (χ1n) is 6.14. The Balaban J connectivity index is 2.94. The molecule has 1 rings (SSSR count). The summed E-state index contributed by atoms with van der Waals surface area (Å²) in [6, 6.07) is 4.35. The van der Waals surface area contributed by atoms with Gasteiger partial charge in [0, 0.05) is 24.8 Å². The van der Waals surface area contributed by atoms with E-state index in [4.69, 9.17) is 5.11 Å².